The van der Waals surface area contributed by atoms with E-state index in [4.69, 9.17) is 0 Å². The Morgan fingerprint density at radius 1 is 1.39 bits per heavy atom. The Balaban J connectivity index is 2.25. The molecule has 0 atom stereocenters. The van der Waals surface area contributed by atoms with Crippen LogP contribution in [0.3, 0.4) is 0 Å². The number of alkyl halides is 2. The quantitative estimate of drug-likeness (QED) is 0.866. The Kier molecular flexibility index (Phi) is 3.64. The zero-order valence-electron chi connectivity index (χ0n) is 10.0. The maximum Gasteiger partial charge on any atom is 0.255 e. The second kappa shape index (κ2) is 5.20. The highest BCUT2D eigenvalue weighted by Gasteiger charge is 2.21. The van der Waals surface area contributed by atoms with Crippen LogP contribution in [0.2, 0.25) is 0 Å². The van der Waals surface area contributed by atoms with E-state index >= 15 is 0 Å². The number of anilines is 2. The average molecular weight is 255 g/mol. The monoisotopic (exact) mass is 255 g/mol. The number of nitrogens with one attached hydrogen (secondary N) is 2. The summed E-state index contributed by atoms with van der Waals surface area (Å²) in [6.07, 6.45) is -2.52. The van der Waals surface area contributed by atoms with Gasteiger partial charge in [0.05, 0.1) is 23.5 Å². The van der Waals surface area contributed by atoms with E-state index in [1.165, 1.54) is 7.05 Å². The van der Waals surface area contributed by atoms with E-state index in [0.717, 1.165) is 17.1 Å². The molecule has 0 aliphatic carbocycles. The molecule has 1 amide bonds. The summed E-state index contributed by atoms with van der Waals surface area (Å²) in [5.41, 5.74) is 1.94. The second-order valence-corrected chi connectivity index (χ2v) is 4.16. The lowest BCUT2D eigenvalue weighted by Crippen LogP contribution is -2.32. The third-order valence-corrected chi connectivity index (χ3v) is 2.80. The molecule has 2 rings (SSSR count). The standard InChI is InChI=1S/C12H15F2N3O/c1-17(7-10(13)14)12(18)8-3-2-4-9-11(8)16-6-5-15-9/h2-4,10,15-16H,5-7H2,1H3. The van der Waals surface area contributed by atoms with Crippen molar-refractivity contribution in [3.05, 3.63) is 23.8 Å². The van der Waals surface area contributed by atoms with Crippen LogP contribution in [0.5, 0.6) is 0 Å². The van der Waals surface area contributed by atoms with Crippen molar-refractivity contribution in [3.8, 4) is 0 Å². The molecule has 98 valence electrons. The zero-order chi connectivity index (χ0) is 13.1. The van der Waals surface area contributed by atoms with Gasteiger partial charge in [-0.2, -0.15) is 0 Å². The Hall–Kier alpha value is -1.85. The molecule has 2 N–H and O–H groups in total. The fourth-order valence-corrected chi connectivity index (χ4v) is 1.95. The van der Waals surface area contributed by atoms with Gasteiger partial charge in [-0.15, -0.1) is 0 Å². The van der Waals surface area contributed by atoms with E-state index in [-0.39, 0.29) is 0 Å². The smallest absolute Gasteiger partial charge is 0.255 e. The van der Waals surface area contributed by atoms with Crippen molar-refractivity contribution < 1.29 is 13.6 Å². The number of carbonyl (C=O) groups excluding carboxylic acids is 1. The number of hydrogen-bond donors (Lipinski definition) is 2. The van der Waals surface area contributed by atoms with E-state index in [9.17, 15) is 13.6 Å². The molecule has 4 nitrogen and oxygen atoms in total. The average Bonchev–Trinajstić information content (AvgIpc) is 2.36. The van der Waals surface area contributed by atoms with E-state index in [1.807, 2.05) is 6.07 Å². The third kappa shape index (κ3) is 2.52. The van der Waals surface area contributed by atoms with E-state index in [1.54, 1.807) is 12.1 Å². The van der Waals surface area contributed by atoms with Gasteiger partial charge in [0.1, 0.15) is 0 Å². The van der Waals surface area contributed by atoms with Crippen molar-refractivity contribution in [1.29, 1.82) is 0 Å². The Morgan fingerprint density at radius 2 is 2.11 bits per heavy atom. The maximum atomic E-state index is 12.3. The molecule has 0 bridgehead atoms. The Labute approximate surface area is 104 Å². The van der Waals surface area contributed by atoms with Crippen molar-refractivity contribution >= 4 is 17.3 Å². The van der Waals surface area contributed by atoms with Gasteiger partial charge >= 0.3 is 0 Å². The molecule has 1 aliphatic rings. The minimum atomic E-state index is -2.52. The van der Waals surface area contributed by atoms with Crippen LogP contribution in [0, 0.1) is 0 Å². The number of carbonyl (C=O) groups is 1. The van der Waals surface area contributed by atoms with Crippen LogP contribution >= 0.6 is 0 Å². The summed E-state index contributed by atoms with van der Waals surface area (Å²) in [6.45, 7) is 0.920. The summed E-state index contributed by atoms with van der Waals surface area (Å²) < 4.78 is 24.6. The lowest BCUT2D eigenvalue weighted by atomic mass is 10.1. The normalized spacial score (nSPS) is 13.6. The van der Waals surface area contributed by atoms with Gasteiger partial charge in [-0.05, 0) is 12.1 Å². The fourth-order valence-electron chi connectivity index (χ4n) is 1.95. The summed E-state index contributed by atoms with van der Waals surface area (Å²) in [7, 11) is 1.38. The number of nitrogens with zero attached hydrogens (tertiary/aromatic N) is 1. The number of rotatable bonds is 3. The predicted molar refractivity (Wildman–Crippen MR) is 66.4 cm³/mol. The number of halogens is 2. The number of para-hydroxylation sites is 1. The minimum absolute atomic E-state index is 0.400. The minimum Gasteiger partial charge on any atom is -0.382 e. The molecule has 0 aromatic heterocycles. The topological polar surface area (TPSA) is 44.4 Å². The first-order chi connectivity index (χ1) is 8.59. The third-order valence-electron chi connectivity index (χ3n) is 2.80. The Bertz CT molecular complexity index is 451. The summed E-state index contributed by atoms with van der Waals surface area (Å²) in [4.78, 5) is 13.1. The van der Waals surface area contributed by atoms with Crippen LogP contribution in [-0.2, 0) is 0 Å². The van der Waals surface area contributed by atoms with Crippen molar-refractivity contribution in [1.82, 2.24) is 4.90 Å². The van der Waals surface area contributed by atoms with Gasteiger partial charge in [-0.25, -0.2) is 8.78 Å². The fraction of sp³-hybridized carbons (Fsp3) is 0.417. The molecule has 18 heavy (non-hydrogen) atoms. The van der Waals surface area contributed by atoms with Gasteiger partial charge in [0, 0.05) is 20.1 Å². The first-order valence-corrected chi connectivity index (χ1v) is 5.74. The lowest BCUT2D eigenvalue weighted by Gasteiger charge is -2.24. The van der Waals surface area contributed by atoms with Gasteiger partial charge in [-0.3, -0.25) is 4.79 Å². The molecule has 1 heterocycles. The summed E-state index contributed by atoms with van der Waals surface area (Å²) in [6, 6.07) is 5.23. The molecule has 0 saturated heterocycles. The van der Waals surface area contributed by atoms with Crippen LogP contribution in [0.1, 0.15) is 10.4 Å². The predicted octanol–water partition coefficient (Wildman–Crippen LogP) is 1.86. The molecule has 0 spiro atoms. The molecule has 0 radical (unpaired) electrons. The highest BCUT2D eigenvalue weighted by molar-refractivity contribution is 6.02. The van der Waals surface area contributed by atoms with E-state index in [0.29, 0.717) is 17.8 Å². The molecule has 0 unspecified atom stereocenters. The van der Waals surface area contributed by atoms with Gasteiger partial charge in [0.2, 0.25) is 0 Å². The SMILES string of the molecule is CN(CC(F)F)C(=O)c1cccc2c1NCCN2. The first kappa shape index (κ1) is 12.6. The largest absolute Gasteiger partial charge is 0.382 e. The highest BCUT2D eigenvalue weighted by Crippen LogP contribution is 2.29. The van der Waals surface area contributed by atoms with Gasteiger partial charge in [0.25, 0.3) is 12.3 Å². The van der Waals surface area contributed by atoms with Crippen LogP contribution in [0.15, 0.2) is 18.2 Å². The molecule has 0 saturated carbocycles. The highest BCUT2D eigenvalue weighted by atomic mass is 19.3. The molecule has 1 aliphatic heterocycles. The molecule has 0 fully saturated rings. The van der Waals surface area contributed by atoms with Gasteiger partial charge < -0.3 is 15.5 Å². The van der Waals surface area contributed by atoms with Crippen molar-refractivity contribution in [2.24, 2.45) is 0 Å². The van der Waals surface area contributed by atoms with E-state index < -0.39 is 18.9 Å². The lowest BCUT2D eigenvalue weighted by molar-refractivity contribution is 0.0621. The van der Waals surface area contributed by atoms with Crippen molar-refractivity contribution in [2.75, 3.05) is 37.3 Å². The van der Waals surface area contributed by atoms with Crippen molar-refractivity contribution in [2.45, 2.75) is 6.43 Å². The zero-order valence-corrected chi connectivity index (χ0v) is 10.0. The molecule has 6 heteroatoms. The number of fused-ring (bicyclic) bond motifs is 1. The van der Waals surface area contributed by atoms with Crippen LogP contribution in [0.4, 0.5) is 20.2 Å². The molecular weight excluding hydrogens is 240 g/mol. The van der Waals surface area contributed by atoms with Crippen LogP contribution in [-0.4, -0.2) is 43.9 Å². The number of hydrogen-bond acceptors (Lipinski definition) is 3. The molecule has 1 aromatic rings. The number of amides is 1. The summed E-state index contributed by atoms with van der Waals surface area (Å²) in [5, 5.41) is 6.28. The summed E-state index contributed by atoms with van der Waals surface area (Å²) in [5.74, 6) is -0.400. The van der Waals surface area contributed by atoms with Crippen LogP contribution in [0.25, 0.3) is 0 Å². The summed E-state index contributed by atoms with van der Waals surface area (Å²) >= 11 is 0. The maximum absolute atomic E-state index is 12.3. The molecule has 1 aromatic carbocycles. The van der Waals surface area contributed by atoms with Crippen LogP contribution < -0.4 is 10.6 Å². The number of benzene rings is 1. The molecular formula is C12H15F2N3O. The van der Waals surface area contributed by atoms with Gasteiger partial charge in [0.15, 0.2) is 0 Å². The van der Waals surface area contributed by atoms with E-state index in [2.05, 4.69) is 10.6 Å². The Morgan fingerprint density at radius 3 is 2.83 bits per heavy atom. The van der Waals surface area contributed by atoms with Gasteiger partial charge in [-0.1, -0.05) is 6.07 Å². The first-order valence-electron chi connectivity index (χ1n) is 5.74. The van der Waals surface area contributed by atoms with Crippen molar-refractivity contribution in [3.63, 3.8) is 0 Å². The second-order valence-electron chi connectivity index (χ2n) is 4.16.